The van der Waals surface area contributed by atoms with Gasteiger partial charge in [-0.3, -0.25) is 0 Å². The van der Waals surface area contributed by atoms with Gasteiger partial charge in [-0.25, -0.2) is 4.72 Å². The highest BCUT2D eigenvalue weighted by Crippen LogP contribution is 2.26. The molecule has 116 valence electrons. The number of benzene rings is 1. The molecule has 0 radical (unpaired) electrons. The summed E-state index contributed by atoms with van der Waals surface area (Å²) in [5, 5.41) is 0. The van der Waals surface area contributed by atoms with E-state index in [1.54, 1.807) is 4.31 Å². The molecule has 0 aliphatic carbocycles. The molecular formula is C15H22N2O3S. The van der Waals surface area contributed by atoms with Crippen LogP contribution in [0, 0.1) is 5.92 Å². The molecule has 1 saturated heterocycles. The minimum absolute atomic E-state index is 0.283. The third kappa shape index (κ3) is 3.56. The number of ether oxygens (including phenoxy) is 1. The number of hydrogen-bond donors (Lipinski definition) is 1. The lowest BCUT2D eigenvalue weighted by molar-refractivity contribution is 0.294. The maximum atomic E-state index is 12.2. The number of para-hydroxylation sites is 1. The van der Waals surface area contributed by atoms with Crippen LogP contribution in [0.3, 0.4) is 0 Å². The van der Waals surface area contributed by atoms with E-state index in [0.717, 1.165) is 31.4 Å². The fraction of sp³-hybridized carbons (Fsp3) is 0.600. The normalized spacial score (nSPS) is 23.3. The van der Waals surface area contributed by atoms with Crippen LogP contribution in [0.15, 0.2) is 24.3 Å². The lowest BCUT2D eigenvalue weighted by Gasteiger charge is -2.19. The van der Waals surface area contributed by atoms with Crippen molar-refractivity contribution in [3.63, 3.8) is 0 Å². The van der Waals surface area contributed by atoms with Crippen molar-refractivity contribution in [3.8, 4) is 5.75 Å². The summed E-state index contributed by atoms with van der Waals surface area (Å²) in [6.07, 6.45) is 3.66. The summed E-state index contributed by atoms with van der Waals surface area (Å²) in [5.41, 5.74) is 1.17. The van der Waals surface area contributed by atoms with Gasteiger partial charge in [-0.2, -0.15) is 12.7 Å². The number of nitrogens with zero attached hydrogens (tertiary/aromatic N) is 1. The van der Waals surface area contributed by atoms with E-state index in [2.05, 4.69) is 10.8 Å². The molecule has 3 rings (SSSR count). The standard InChI is InChI=1S/C15H22N2O3S/c18-21(19,17-8-3-4-9-17)16-12-13-7-10-20-15-6-2-1-5-14(15)11-13/h1-2,5-6,13,16H,3-4,7-12H2/t13-/m1/s1. The number of fused-ring (bicyclic) bond motifs is 1. The van der Waals surface area contributed by atoms with Crippen molar-refractivity contribution in [1.29, 1.82) is 0 Å². The number of nitrogens with one attached hydrogen (secondary N) is 1. The Morgan fingerprint density at radius 2 is 2.00 bits per heavy atom. The smallest absolute Gasteiger partial charge is 0.279 e. The van der Waals surface area contributed by atoms with Gasteiger partial charge in [0.25, 0.3) is 10.2 Å². The molecular weight excluding hydrogens is 288 g/mol. The molecule has 0 spiro atoms. The Labute approximate surface area is 126 Å². The van der Waals surface area contributed by atoms with E-state index in [9.17, 15) is 8.42 Å². The SMILES string of the molecule is O=S(=O)(NC[C@@H]1CCOc2ccccc2C1)N1CCCC1. The van der Waals surface area contributed by atoms with Crippen LogP contribution in [-0.2, 0) is 16.6 Å². The largest absolute Gasteiger partial charge is 0.493 e. The zero-order chi connectivity index (χ0) is 14.7. The number of hydrogen-bond acceptors (Lipinski definition) is 3. The van der Waals surface area contributed by atoms with Crippen molar-refractivity contribution in [3.05, 3.63) is 29.8 Å². The van der Waals surface area contributed by atoms with Crippen molar-refractivity contribution in [1.82, 2.24) is 9.03 Å². The van der Waals surface area contributed by atoms with E-state index >= 15 is 0 Å². The maximum Gasteiger partial charge on any atom is 0.279 e. The molecule has 1 atom stereocenters. The molecule has 1 N–H and O–H groups in total. The van der Waals surface area contributed by atoms with E-state index in [4.69, 9.17) is 4.74 Å². The lowest BCUT2D eigenvalue weighted by atomic mass is 9.97. The average Bonchev–Trinajstić information content (AvgIpc) is 2.94. The molecule has 21 heavy (non-hydrogen) atoms. The minimum Gasteiger partial charge on any atom is -0.493 e. The van der Waals surface area contributed by atoms with Gasteiger partial charge < -0.3 is 4.74 Å². The monoisotopic (exact) mass is 310 g/mol. The maximum absolute atomic E-state index is 12.2. The Hall–Kier alpha value is -1.11. The van der Waals surface area contributed by atoms with E-state index in [1.165, 1.54) is 5.56 Å². The van der Waals surface area contributed by atoms with Crippen LogP contribution < -0.4 is 9.46 Å². The number of rotatable bonds is 4. The highest BCUT2D eigenvalue weighted by Gasteiger charge is 2.26. The minimum atomic E-state index is -3.31. The van der Waals surface area contributed by atoms with Gasteiger partial charge in [-0.15, -0.1) is 0 Å². The summed E-state index contributed by atoms with van der Waals surface area (Å²) in [6, 6.07) is 8.00. The Kier molecular flexibility index (Phi) is 4.47. The van der Waals surface area contributed by atoms with Crippen molar-refractivity contribution >= 4 is 10.2 Å². The third-order valence-electron chi connectivity index (χ3n) is 4.22. The third-order valence-corrected chi connectivity index (χ3v) is 5.80. The van der Waals surface area contributed by atoms with Gasteiger partial charge in [0, 0.05) is 19.6 Å². The van der Waals surface area contributed by atoms with Crippen LogP contribution in [0.25, 0.3) is 0 Å². The first kappa shape index (κ1) is 14.8. The van der Waals surface area contributed by atoms with Crippen molar-refractivity contribution in [2.75, 3.05) is 26.2 Å². The van der Waals surface area contributed by atoms with Crippen LogP contribution >= 0.6 is 0 Å². The molecule has 0 bridgehead atoms. The molecule has 0 saturated carbocycles. The van der Waals surface area contributed by atoms with Crippen molar-refractivity contribution in [2.45, 2.75) is 25.7 Å². The van der Waals surface area contributed by atoms with E-state index in [0.29, 0.717) is 26.2 Å². The zero-order valence-corrected chi connectivity index (χ0v) is 12.9. The van der Waals surface area contributed by atoms with Crippen LogP contribution in [0.1, 0.15) is 24.8 Å². The highest BCUT2D eigenvalue weighted by molar-refractivity contribution is 7.87. The molecule has 1 fully saturated rings. The van der Waals surface area contributed by atoms with Crippen LogP contribution in [0.4, 0.5) is 0 Å². The first-order valence-electron chi connectivity index (χ1n) is 7.60. The molecule has 0 unspecified atom stereocenters. The predicted octanol–water partition coefficient (Wildman–Crippen LogP) is 1.56. The van der Waals surface area contributed by atoms with Gasteiger partial charge in [0.1, 0.15) is 5.75 Å². The van der Waals surface area contributed by atoms with Crippen LogP contribution in [0.2, 0.25) is 0 Å². The first-order chi connectivity index (χ1) is 10.1. The second-order valence-corrected chi connectivity index (χ2v) is 7.53. The quantitative estimate of drug-likeness (QED) is 0.918. The second kappa shape index (κ2) is 6.34. The Morgan fingerprint density at radius 3 is 2.81 bits per heavy atom. The molecule has 2 aliphatic heterocycles. The highest BCUT2D eigenvalue weighted by atomic mass is 32.2. The van der Waals surface area contributed by atoms with E-state index < -0.39 is 10.2 Å². The summed E-state index contributed by atoms with van der Waals surface area (Å²) >= 11 is 0. The molecule has 6 heteroatoms. The summed E-state index contributed by atoms with van der Waals surface area (Å²) in [7, 11) is -3.31. The Bertz CT molecular complexity index is 582. The second-order valence-electron chi connectivity index (χ2n) is 5.77. The summed E-state index contributed by atoms with van der Waals surface area (Å²) in [6.45, 7) is 2.42. The Balaban J connectivity index is 1.61. The van der Waals surface area contributed by atoms with E-state index in [1.807, 2.05) is 18.2 Å². The molecule has 2 aliphatic rings. The zero-order valence-electron chi connectivity index (χ0n) is 12.1. The fourth-order valence-electron chi connectivity index (χ4n) is 2.98. The van der Waals surface area contributed by atoms with Gasteiger partial charge in [-0.05, 0) is 43.2 Å². The van der Waals surface area contributed by atoms with Gasteiger partial charge >= 0.3 is 0 Å². The van der Waals surface area contributed by atoms with Gasteiger partial charge in [0.15, 0.2) is 0 Å². The van der Waals surface area contributed by atoms with Gasteiger partial charge in [-0.1, -0.05) is 18.2 Å². The average molecular weight is 310 g/mol. The molecule has 1 aromatic rings. The summed E-state index contributed by atoms with van der Waals surface area (Å²) in [5.74, 6) is 1.22. The predicted molar refractivity (Wildman–Crippen MR) is 81.5 cm³/mol. The topological polar surface area (TPSA) is 58.6 Å². The Morgan fingerprint density at radius 1 is 1.24 bits per heavy atom. The molecule has 2 heterocycles. The lowest BCUT2D eigenvalue weighted by Crippen LogP contribution is -2.41. The fourth-order valence-corrected chi connectivity index (χ4v) is 4.35. The van der Waals surface area contributed by atoms with Gasteiger partial charge in [0.05, 0.1) is 6.61 Å². The first-order valence-corrected chi connectivity index (χ1v) is 9.04. The molecule has 5 nitrogen and oxygen atoms in total. The van der Waals surface area contributed by atoms with Crippen LogP contribution in [-0.4, -0.2) is 39.0 Å². The summed E-state index contributed by atoms with van der Waals surface area (Å²) < 4.78 is 34.4. The molecule has 0 aromatic heterocycles. The summed E-state index contributed by atoms with van der Waals surface area (Å²) in [4.78, 5) is 0. The molecule has 0 amide bonds. The van der Waals surface area contributed by atoms with Crippen LogP contribution in [0.5, 0.6) is 5.75 Å². The van der Waals surface area contributed by atoms with Crippen molar-refractivity contribution < 1.29 is 13.2 Å². The van der Waals surface area contributed by atoms with E-state index in [-0.39, 0.29) is 5.92 Å². The van der Waals surface area contributed by atoms with Gasteiger partial charge in [0.2, 0.25) is 0 Å². The molecule has 1 aromatic carbocycles. The van der Waals surface area contributed by atoms with Crippen molar-refractivity contribution in [2.24, 2.45) is 5.92 Å².